The van der Waals surface area contributed by atoms with Crippen molar-refractivity contribution in [3.63, 3.8) is 0 Å². The third-order valence-electron chi connectivity index (χ3n) is 6.08. The summed E-state index contributed by atoms with van der Waals surface area (Å²) in [4.78, 5) is 29.6. The van der Waals surface area contributed by atoms with E-state index in [9.17, 15) is 20.0 Å². The molecule has 0 amide bonds. The summed E-state index contributed by atoms with van der Waals surface area (Å²) in [6, 6.07) is 19.6. The van der Waals surface area contributed by atoms with E-state index >= 15 is 0 Å². The number of aromatic nitrogens is 2. The van der Waals surface area contributed by atoms with Crippen LogP contribution in [0.3, 0.4) is 0 Å². The van der Waals surface area contributed by atoms with Crippen LogP contribution in [0.2, 0.25) is 0 Å². The lowest BCUT2D eigenvalue weighted by Gasteiger charge is -2.20. The molecule has 7 heteroatoms. The first-order valence-electron chi connectivity index (χ1n) is 11.3. The van der Waals surface area contributed by atoms with Gasteiger partial charge in [0.1, 0.15) is 5.65 Å². The van der Waals surface area contributed by atoms with Crippen molar-refractivity contribution >= 4 is 17.3 Å². The van der Waals surface area contributed by atoms with Crippen LogP contribution >= 0.6 is 0 Å². The molecule has 0 spiro atoms. The Hall–Kier alpha value is -4.44. The second kappa shape index (κ2) is 9.07. The Labute approximate surface area is 203 Å². The maximum atomic E-state index is 13.1. The molecule has 4 rings (SSSR count). The average Bonchev–Trinajstić information content (AvgIpc) is 2.84. The van der Waals surface area contributed by atoms with Gasteiger partial charge in [0.2, 0.25) is 0 Å². The SMILES string of the molecule is Cc1cc([C@@H](C)Nc2ccccc2C(=O)O)c2nc(-c3cccc(C(C)(C)C#N)c3)cc(=O)n2c1. The minimum Gasteiger partial charge on any atom is -0.478 e. The number of fused-ring (bicyclic) bond motifs is 1. The first-order valence-corrected chi connectivity index (χ1v) is 11.3. The van der Waals surface area contributed by atoms with Crippen molar-refractivity contribution in [3.8, 4) is 17.3 Å². The number of benzene rings is 2. The van der Waals surface area contributed by atoms with Gasteiger partial charge in [-0.3, -0.25) is 9.20 Å². The van der Waals surface area contributed by atoms with Crippen LogP contribution in [0.1, 0.15) is 53.9 Å². The van der Waals surface area contributed by atoms with E-state index in [1.165, 1.54) is 10.5 Å². The number of pyridine rings is 1. The van der Waals surface area contributed by atoms with Crippen molar-refractivity contribution < 1.29 is 9.90 Å². The molecule has 0 saturated heterocycles. The lowest BCUT2D eigenvalue weighted by molar-refractivity contribution is 0.0698. The number of rotatable bonds is 6. The van der Waals surface area contributed by atoms with E-state index in [0.29, 0.717) is 17.0 Å². The molecule has 2 aromatic heterocycles. The number of anilines is 1. The largest absolute Gasteiger partial charge is 0.478 e. The fraction of sp³-hybridized carbons (Fsp3) is 0.214. The van der Waals surface area contributed by atoms with Gasteiger partial charge in [-0.25, -0.2) is 9.78 Å². The Morgan fingerprint density at radius 1 is 1.14 bits per heavy atom. The Kier molecular flexibility index (Phi) is 6.14. The standard InChI is InChI=1S/C28H26N4O3/c1-17-12-22(18(2)30-23-11-6-5-10-21(23)27(34)35)26-31-24(14-25(33)32(26)15-17)19-8-7-9-20(13-19)28(3,4)16-29/h5-15,18,30H,1-4H3,(H,34,35)/t18-/m1/s1. The number of nitrogens with zero attached hydrogens (tertiary/aromatic N) is 3. The summed E-state index contributed by atoms with van der Waals surface area (Å²) in [7, 11) is 0. The van der Waals surface area contributed by atoms with Crippen LogP contribution in [0, 0.1) is 18.3 Å². The second-order valence-corrected chi connectivity index (χ2v) is 9.18. The van der Waals surface area contributed by atoms with Crippen molar-refractivity contribution in [1.29, 1.82) is 5.26 Å². The number of hydrogen-bond donors (Lipinski definition) is 2. The van der Waals surface area contributed by atoms with Gasteiger partial charge in [-0.15, -0.1) is 0 Å². The van der Waals surface area contributed by atoms with E-state index in [1.54, 1.807) is 30.5 Å². The maximum absolute atomic E-state index is 13.1. The van der Waals surface area contributed by atoms with Crippen LogP contribution in [0.15, 0.2) is 71.7 Å². The fourth-order valence-corrected chi connectivity index (χ4v) is 4.08. The number of nitrogens with one attached hydrogen (secondary N) is 1. The molecule has 0 aliphatic rings. The number of carboxylic acids is 1. The van der Waals surface area contributed by atoms with Gasteiger partial charge in [0.15, 0.2) is 0 Å². The van der Waals surface area contributed by atoms with E-state index in [4.69, 9.17) is 4.98 Å². The van der Waals surface area contributed by atoms with Gasteiger partial charge < -0.3 is 10.4 Å². The van der Waals surface area contributed by atoms with Crippen molar-refractivity contribution in [2.75, 3.05) is 5.32 Å². The number of nitriles is 1. The highest BCUT2D eigenvalue weighted by atomic mass is 16.4. The first kappa shape index (κ1) is 23.7. The lowest BCUT2D eigenvalue weighted by atomic mass is 9.85. The number of hydrogen-bond acceptors (Lipinski definition) is 5. The van der Waals surface area contributed by atoms with Crippen LogP contribution in [-0.4, -0.2) is 20.5 Å². The monoisotopic (exact) mass is 466 g/mol. The summed E-state index contributed by atoms with van der Waals surface area (Å²) in [6.07, 6.45) is 1.74. The molecule has 4 aromatic rings. The Morgan fingerprint density at radius 3 is 2.60 bits per heavy atom. The van der Waals surface area contributed by atoms with Crippen molar-refractivity contribution in [2.45, 2.75) is 39.2 Å². The van der Waals surface area contributed by atoms with Gasteiger partial charge in [-0.2, -0.15) is 5.26 Å². The molecule has 0 saturated carbocycles. The van der Waals surface area contributed by atoms with E-state index < -0.39 is 11.4 Å². The highest BCUT2D eigenvalue weighted by Crippen LogP contribution is 2.29. The predicted molar refractivity (Wildman–Crippen MR) is 136 cm³/mol. The Morgan fingerprint density at radius 2 is 1.89 bits per heavy atom. The van der Waals surface area contributed by atoms with Crippen LogP contribution in [0.4, 0.5) is 5.69 Å². The summed E-state index contributed by atoms with van der Waals surface area (Å²) in [5.41, 5.74) is 3.96. The van der Waals surface area contributed by atoms with E-state index in [1.807, 2.05) is 58.0 Å². The molecule has 0 aliphatic heterocycles. The molecule has 0 radical (unpaired) electrons. The summed E-state index contributed by atoms with van der Waals surface area (Å²) in [6.45, 7) is 7.49. The molecule has 2 N–H and O–H groups in total. The summed E-state index contributed by atoms with van der Waals surface area (Å²) < 4.78 is 1.51. The topological polar surface area (TPSA) is 107 Å². The third-order valence-corrected chi connectivity index (χ3v) is 6.08. The number of para-hydroxylation sites is 1. The third kappa shape index (κ3) is 4.64. The van der Waals surface area contributed by atoms with Crippen LogP contribution in [0.5, 0.6) is 0 Å². The lowest BCUT2D eigenvalue weighted by Crippen LogP contribution is -2.19. The van der Waals surface area contributed by atoms with Crippen molar-refractivity contribution in [3.05, 3.63) is 99.5 Å². The van der Waals surface area contributed by atoms with Gasteiger partial charge in [-0.1, -0.05) is 30.3 Å². The molecular weight excluding hydrogens is 440 g/mol. The molecule has 35 heavy (non-hydrogen) atoms. The maximum Gasteiger partial charge on any atom is 0.337 e. The van der Waals surface area contributed by atoms with E-state index in [2.05, 4.69) is 11.4 Å². The molecular formula is C28H26N4O3. The van der Waals surface area contributed by atoms with Gasteiger partial charge >= 0.3 is 5.97 Å². The molecule has 1 atom stereocenters. The minimum atomic E-state index is -1.02. The molecule has 0 bridgehead atoms. The molecule has 2 heterocycles. The first-order chi connectivity index (χ1) is 16.6. The van der Waals surface area contributed by atoms with E-state index in [-0.39, 0.29) is 17.2 Å². The number of carbonyl (C=O) groups is 1. The van der Waals surface area contributed by atoms with Gasteiger partial charge in [-0.05, 0) is 63.1 Å². The van der Waals surface area contributed by atoms with Gasteiger partial charge in [0.25, 0.3) is 5.56 Å². The molecule has 2 aromatic carbocycles. The fourth-order valence-electron chi connectivity index (χ4n) is 4.08. The normalized spacial score (nSPS) is 12.2. The average molecular weight is 467 g/mol. The molecule has 0 fully saturated rings. The second-order valence-electron chi connectivity index (χ2n) is 9.18. The number of carboxylic acid groups (broad SMARTS) is 1. The molecule has 0 unspecified atom stereocenters. The quantitative estimate of drug-likeness (QED) is 0.397. The molecule has 0 aliphatic carbocycles. The number of aryl methyl sites for hydroxylation is 1. The van der Waals surface area contributed by atoms with Gasteiger partial charge in [0.05, 0.1) is 28.8 Å². The molecule has 7 nitrogen and oxygen atoms in total. The van der Waals surface area contributed by atoms with Crippen molar-refractivity contribution in [1.82, 2.24) is 9.38 Å². The zero-order valence-corrected chi connectivity index (χ0v) is 20.0. The zero-order chi connectivity index (χ0) is 25.3. The number of aromatic carboxylic acids is 1. The van der Waals surface area contributed by atoms with Crippen molar-refractivity contribution in [2.24, 2.45) is 0 Å². The summed E-state index contributed by atoms with van der Waals surface area (Å²) in [5, 5.41) is 22.3. The molecule has 176 valence electrons. The minimum absolute atomic E-state index is 0.166. The highest BCUT2D eigenvalue weighted by molar-refractivity contribution is 5.94. The Bertz CT molecular complexity index is 1550. The predicted octanol–water partition coefficient (Wildman–Crippen LogP) is 5.34. The van der Waals surface area contributed by atoms with Crippen LogP contribution in [0.25, 0.3) is 16.9 Å². The summed E-state index contributed by atoms with van der Waals surface area (Å²) >= 11 is 0. The van der Waals surface area contributed by atoms with Crippen LogP contribution in [-0.2, 0) is 5.41 Å². The zero-order valence-electron chi connectivity index (χ0n) is 20.0. The van der Waals surface area contributed by atoms with E-state index in [0.717, 1.165) is 22.3 Å². The summed E-state index contributed by atoms with van der Waals surface area (Å²) in [5.74, 6) is -1.02. The van der Waals surface area contributed by atoms with Crippen LogP contribution < -0.4 is 10.9 Å². The van der Waals surface area contributed by atoms with Gasteiger partial charge in [0, 0.05) is 29.1 Å². The Balaban J connectivity index is 1.85. The smallest absolute Gasteiger partial charge is 0.337 e. The highest BCUT2D eigenvalue weighted by Gasteiger charge is 2.21.